The molecule has 1 saturated heterocycles. The fourth-order valence-electron chi connectivity index (χ4n) is 3.34. The first-order valence-corrected chi connectivity index (χ1v) is 8.83. The molecule has 1 aliphatic heterocycles. The summed E-state index contributed by atoms with van der Waals surface area (Å²) >= 11 is 0. The zero-order valence-electron chi connectivity index (χ0n) is 14.7. The van der Waals surface area contributed by atoms with E-state index in [2.05, 4.69) is 49.1 Å². The van der Waals surface area contributed by atoms with Crippen molar-refractivity contribution in [1.29, 1.82) is 0 Å². The van der Waals surface area contributed by atoms with Gasteiger partial charge in [0.05, 0.1) is 6.04 Å². The maximum Gasteiger partial charge on any atom is 0.239 e. The van der Waals surface area contributed by atoms with Crippen LogP contribution in [0.1, 0.15) is 45.6 Å². The van der Waals surface area contributed by atoms with E-state index in [-0.39, 0.29) is 11.9 Å². The highest BCUT2D eigenvalue weighted by molar-refractivity contribution is 5.81. The number of hydrogen-bond donors (Lipinski definition) is 1. The van der Waals surface area contributed by atoms with E-state index in [1.165, 1.54) is 18.4 Å². The number of carbonyl (C=O) groups is 1. The van der Waals surface area contributed by atoms with Gasteiger partial charge >= 0.3 is 0 Å². The third-order valence-electron chi connectivity index (χ3n) is 4.68. The Labute approximate surface area is 140 Å². The SMILES string of the molecule is CC(N)C(=O)N(CC1CCCCN1Cc1ccccc1)C(C)C. The topological polar surface area (TPSA) is 49.6 Å². The first kappa shape index (κ1) is 18.0. The van der Waals surface area contributed by atoms with Crippen molar-refractivity contribution in [2.45, 2.75) is 64.7 Å². The van der Waals surface area contributed by atoms with E-state index in [9.17, 15) is 4.79 Å². The van der Waals surface area contributed by atoms with Gasteiger partial charge in [0.15, 0.2) is 0 Å². The standard InChI is InChI=1S/C19H31N3O/c1-15(2)22(19(23)16(3)20)14-18-11-7-8-12-21(18)13-17-9-5-4-6-10-17/h4-6,9-10,15-16,18H,7-8,11-14,20H2,1-3H3. The van der Waals surface area contributed by atoms with Crippen LogP contribution in [0.5, 0.6) is 0 Å². The van der Waals surface area contributed by atoms with E-state index in [4.69, 9.17) is 5.73 Å². The summed E-state index contributed by atoms with van der Waals surface area (Å²) in [6.45, 7) is 8.78. The number of nitrogens with zero attached hydrogens (tertiary/aromatic N) is 2. The second kappa shape index (κ2) is 8.46. The van der Waals surface area contributed by atoms with Crippen molar-refractivity contribution in [3.05, 3.63) is 35.9 Å². The highest BCUT2D eigenvalue weighted by atomic mass is 16.2. The summed E-state index contributed by atoms with van der Waals surface area (Å²) in [6, 6.07) is 10.8. The molecular weight excluding hydrogens is 286 g/mol. The van der Waals surface area contributed by atoms with Gasteiger partial charge in [0.1, 0.15) is 0 Å². The fraction of sp³-hybridized carbons (Fsp3) is 0.632. The van der Waals surface area contributed by atoms with E-state index >= 15 is 0 Å². The molecule has 1 aromatic rings. The Hall–Kier alpha value is -1.39. The fourth-order valence-corrected chi connectivity index (χ4v) is 3.34. The highest BCUT2D eigenvalue weighted by Gasteiger charge is 2.28. The van der Waals surface area contributed by atoms with Gasteiger partial charge in [-0.05, 0) is 45.7 Å². The first-order valence-electron chi connectivity index (χ1n) is 8.83. The third kappa shape index (κ3) is 5.05. The molecular formula is C19H31N3O. The molecule has 2 N–H and O–H groups in total. The number of likely N-dealkylation sites (tertiary alicyclic amines) is 1. The molecule has 0 saturated carbocycles. The molecule has 0 radical (unpaired) electrons. The van der Waals surface area contributed by atoms with Gasteiger partial charge in [-0.15, -0.1) is 0 Å². The quantitative estimate of drug-likeness (QED) is 0.877. The number of piperidine rings is 1. The van der Waals surface area contributed by atoms with Crippen molar-refractivity contribution < 1.29 is 4.79 Å². The number of amides is 1. The van der Waals surface area contributed by atoms with Crippen molar-refractivity contribution in [2.75, 3.05) is 13.1 Å². The molecule has 0 bridgehead atoms. The lowest BCUT2D eigenvalue weighted by Gasteiger charge is -2.40. The van der Waals surface area contributed by atoms with Crippen molar-refractivity contribution in [2.24, 2.45) is 5.73 Å². The Bertz CT molecular complexity index is 487. The van der Waals surface area contributed by atoms with Crippen LogP contribution in [0.25, 0.3) is 0 Å². The highest BCUT2D eigenvalue weighted by Crippen LogP contribution is 2.21. The first-order chi connectivity index (χ1) is 11.0. The van der Waals surface area contributed by atoms with Crippen LogP contribution >= 0.6 is 0 Å². The van der Waals surface area contributed by atoms with Crippen LogP contribution in [0.2, 0.25) is 0 Å². The van der Waals surface area contributed by atoms with Gasteiger partial charge in [0, 0.05) is 25.2 Å². The molecule has 0 spiro atoms. The van der Waals surface area contributed by atoms with Gasteiger partial charge in [0.2, 0.25) is 5.91 Å². The molecule has 0 aliphatic carbocycles. The molecule has 2 rings (SSSR count). The van der Waals surface area contributed by atoms with Crippen LogP contribution in [-0.4, -0.2) is 46.9 Å². The van der Waals surface area contributed by atoms with Gasteiger partial charge in [0.25, 0.3) is 0 Å². The second-order valence-electron chi connectivity index (χ2n) is 6.98. The smallest absolute Gasteiger partial charge is 0.239 e. The zero-order chi connectivity index (χ0) is 16.8. The minimum atomic E-state index is -0.427. The molecule has 2 atom stereocenters. The summed E-state index contributed by atoms with van der Waals surface area (Å²) in [6.07, 6.45) is 3.64. The van der Waals surface area contributed by atoms with E-state index in [1.54, 1.807) is 6.92 Å². The van der Waals surface area contributed by atoms with Crippen LogP contribution in [0.4, 0.5) is 0 Å². The lowest BCUT2D eigenvalue weighted by Crippen LogP contribution is -2.53. The molecule has 23 heavy (non-hydrogen) atoms. The minimum absolute atomic E-state index is 0.0604. The number of nitrogens with two attached hydrogens (primary N) is 1. The monoisotopic (exact) mass is 317 g/mol. The summed E-state index contributed by atoms with van der Waals surface area (Å²) in [5, 5.41) is 0. The van der Waals surface area contributed by atoms with Crippen molar-refractivity contribution in [1.82, 2.24) is 9.80 Å². The largest absolute Gasteiger partial charge is 0.337 e. The predicted octanol–water partition coefficient (Wildman–Crippen LogP) is 2.63. The lowest BCUT2D eigenvalue weighted by atomic mass is 9.99. The van der Waals surface area contributed by atoms with Crippen LogP contribution in [0.3, 0.4) is 0 Å². The van der Waals surface area contributed by atoms with E-state index in [0.717, 1.165) is 26.1 Å². The van der Waals surface area contributed by atoms with Crippen LogP contribution in [0.15, 0.2) is 30.3 Å². The second-order valence-corrected chi connectivity index (χ2v) is 6.98. The van der Waals surface area contributed by atoms with Crippen LogP contribution < -0.4 is 5.73 Å². The Morgan fingerprint density at radius 1 is 1.26 bits per heavy atom. The van der Waals surface area contributed by atoms with Gasteiger partial charge < -0.3 is 10.6 Å². The Morgan fingerprint density at radius 2 is 1.96 bits per heavy atom. The van der Waals surface area contributed by atoms with Crippen molar-refractivity contribution >= 4 is 5.91 Å². The maximum atomic E-state index is 12.4. The minimum Gasteiger partial charge on any atom is -0.337 e. The van der Waals surface area contributed by atoms with Gasteiger partial charge in [-0.25, -0.2) is 0 Å². The van der Waals surface area contributed by atoms with E-state index < -0.39 is 6.04 Å². The van der Waals surface area contributed by atoms with Gasteiger partial charge in [-0.1, -0.05) is 36.8 Å². The summed E-state index contributed by atoms with van der Waals surface area (Å²) in [7, 11) is 0. The average molecular weight is 317 g/mol. The molecule has 2 unspecified atom stereocenters. The normalized spacial score (nSPS) is 20.5. The number of carbonyl (C=O) groups excluding carboxylic acids is 1. The molecule has 1 heterocycles. The van der Waals surface area contributed by atoms with Crippen LogP contribution in [0, 0.1) is 0 Å². The van der Waals surface area contributed by atoms with E-state index in [1.807, 2.05) is 4.90 Å². The summed E-state index contributed by atoms with van der Waals surface area (Å²) in [5.41, 5.74) is 7.17. The molecule has 128 valence electrons. The average Bonchev–Trinajstić information content (AvgIpc) is 2.54. The van der Waals surface area contributed by atoms with Gasteiger partial charge in [-0.3, -0.25) is 9.69 Å². The molecule has 1 amide bonds. The molecule has 1 aliphatic rings. The molecule has 1 fully saturated rings. The van der Waals surface area contributed by atoms with Crippen LogP contribution in [-0.2, 0) is 11.3 Å². The van der Waals surface area contributed by atoms with Crippen molar-refractivity contribution in [3.63, 3.8) is 0 Å². The van der Waals surface area contributed by atoms with Gasteiger partial charge in [-0.2, -0.15) is 0 Å². The Morgan fingerprint density at radius 3 is 2.57 bits per heavy atom. The number of rotatable bonds is 6. The molecule has 1 aromatic carbocycles. The lowest BCUT2D eigenvalue weighted by molar-refractivity contribution is -0.135. The Balaban J connectivity index is 2.06. The predicted molar refractivity (Wildman–Crippen MR) is 95.0 cm³/mol. The summed E-state index contributed by atoms with van der Waals surface area (Å²) in [5.74, 6) is 0.0604. The Kier molecular flexibility index (Phi) is 6.60. The molecule has 0 aromatic heterocycles. The zero-order valence-corrected chi connectivity index (χ0v) is 14.7. The van der Waals surface area contributed by atoms with Crippen molar-refractivity contribution in [3.8, 4) is 0 Å². The summed E-state index contributed by atoms with van der Waals surface area (Å²) in [4.78, 5) is 16.9. The number of benzene rings is 1. The summed E-state index contributed by atoms with van der Waals surface area (Å²) < 4.78 is 0. The third-order valence-corrected chi connectivity index (χ3v) is 4.68. The maximum absolute atomic E-state index is 12.4. The molecule has 4 heteroatoms. The van der Waals surface area contributed by atoms with E-state index in [0.29, 0.717) is 6.04 Å². The molecule has 4 nitrogen and oxygen atoms in total. The number of hydrogen-bond acceptors (Lipinski definition) is 3.